The number of thiocarbonyl (C=S) groups is 1. The molecule has 4 rings (SSSR count). The van der Waals surface area contributed by atoms with E-state index in [9.17, 15) is 9.18 Å². The molecule has 6 nitrogen and oxygen atoms in total. The van der Waals surface area contributed by atoms with Crippen LogP contribution in [0, 0.1) is 5.82 Å². The second kappa shape index (κ2) is 10.8. The van der Waals surface area contributed by atoms with Crippen molar-refractivity contribution in [3.63, 3.8) is 0 Å². The van der Waals surface area contributed by atoms with Gasteiger partial charge in [0.1, 0.15) is 10.8 Å². The maximum Gasteiger partial charge on any atom is 0.341 e. The van der Waals surface area contributed by atoms with E-state index >= 15 is 0 Å². The summed E-state index contributed by atoms with van der Waals surface area (Å²) in [6.45, 7) is 0.491. The highest BCUT2D eigenvalue weighted by Crippen LogP contribution is 2.37. The summed E-state index contributed by atoms with van der Waals surface area (Å²) >= 11 is 10.6. The first-order chi connectivity index (χ1) is 15.9. The zero-order chi connectivity index (χ0) is 23.4. The maximum atomic E-state index is 13.1. The molecule has 0 amide bonds. The number of benzene rings is 1. The van der Waals surface area contributed by atoms with E-state index in [1.54, 1.807) is 28.2 Å². The van der Waals surface area contributed by atoms with Crippen molar-refractivity contribution in [3.8, 4) is 0 Å². The molecular weight excluding hydrogens is 527 g/mol. The number of rotatable bonds is 5. The van der Waals surface area contributed by atoms with Crippen LogP contribution in [0.1, 0.15) is 52.0 Å². The number of aryl methyl sites for hydroxylation is 1. The van der Waals surface area contributed by atoms with Crippen LogP contribution in [0.4, 0.5) is 15.2 Å². The number of halogens is 2. The topological polar surface area (TPSA) is 68.2 Å². The largest absolute Gasteiger partial charge is 0.465 e. The Kier molecular flexibility index (Phi) is 7.77. The third-order valence-corrected chi connectivity index (χ3v) is 7.49. The summed E-state index contributed by atoms with van der Waals surface area (Å²) in [4.78, 5) is 13.8. The molecule has 0 fully saturated rings. The Labute approximate surface area is 209 Å². The highest BCUT2D eigenvalue weighted by molar-refractivity contribution is 9.10. The second-order valence-electron chi connectivity index (χ2n) is 7.84. The van der Waals surface area contributed by atoms with Gasteiger partial charge < -0.3 is 15.4 Å². The van der Waals surface area contributed by atoms with Crippen LogP contribution in [0.15, 0.2) is 34.9 Å². The van der Waals surface area contributed by atoms with Gasteiger partial charge in [-0.25, -0.2) is 9.18 Å². The average molecular weight is 552 g/mol. The van der Waals surface area contributed by atoms with Crippen LogP contribution >= 0.6 is 39.5 Å². The Hall–Kier alpha value is -2.30. The van der Waals surface area contributed by atoms with Crippen LogP contribution in [0.25, 0.3) is 0 Å². The number of ether oxygens (including phenoxy) is 1. The lowest BCUT2D eigenvalue weighted by atomic mass is 9.96. The maximum absolute atomic E-state index is 13.1. The first-order valence-corrected chi connectivity index (χ1v) is 12.7. The Morgan fingerprint density at radius 2 is 1.94 bits per heavy atom. The molecule has 10 heteroatoms. The van der Waals surface area contributed by atoms with E-state index in [0.29, 0.717) is 28.0 Å². The van der Waals surface area contributed by atoms with Gasteiger partial charge in [0.05, 0.1) is 23.7 Å². The van der Waals surface area contributed by atoms with Gasteiger partial charge in [-0.15, -0.1) is 11.3 Å². The minimum absolute atomic E-state index is 0.271. The summed E-state index contributed by atoms with van der Waals surface area (Å²) in [7, 11) is 1.40. The van der Waals surface area contributed by atoms with Crippen molar-refractivity contribution in [1.29, 1.82) is 0 Å². The molecule has 0 radical (unpaired) electrons. The van der Waals surface area contributed by atoms with E-state index in [0.717, 1.165) is 41.3 Å². The molecule has 1 aromatic carbocycles. The number of esters is 1. The quantitative estimate of drug-likeness (QED) is 0.293. The number of aromatic nitrogens is 2. The van der Waals surface area contributed by atoms with Crippen LogP contribution in [0.3, 0.4) is 0 Å². The van der Waals surface area contributed by atoms with E-state index in [4.69, 9.17) is 17.0 Å². The average Bonchev–Trinajstić information content (AvgIpc) is 3.28. The number of nitrogens with one attached hydrogen (secondary N) is 2. The lowest BCUT2D eigenvalue weighted by Gasteiger charge is -2.11. The second-order valence-corrected chi connectivity index (χ2v) is 10.2. The number of methoxy groups -OCH3 is 1. The molecule has 0 atom stereocenters. The monoisotopic (exact) mass is 550 g/mol. The molecule has 1 aliphatic rings. The van der Waals surface area contributed by atoms with Crippen molar-refractivity contribution >= 4 is 61.4 Å². The van der Waals surface area contributed by atoms with Gasteiger partial charge in [-0.2, -0.15) is 5.10 Å². The highest BCUT2D eigenvalue weighted by Gasteiger charge is 2.25. The van der Waals surface area contributed by atoms with Crippen LogP contribution in [-0.2, 0) is 24.1 Å². The normalized spacial score (nSPS) is 13.5. The third-order valence-electron chi connectivity index (χ3n) is 5.49. The van der Waals surface area contributed by atoms with Crippen molar-refractivity contribution < 1.29 is 13.9 Å². The summed E-state index contributed by atoms with van der Waals surface area (Å²) in [5, 5.41) is 11.8. The molecule has 174 valence electrons. The van der Waals surface area contributed by atoms with Crippen molar-refractivity contribution in [2.24, 2.45) is 0 Å². The fourth-order valence-corrected chi connectivity index (χ4v) is 5.87. The lowest BCUT2D eigenvalue weighted by Crippen LogP contribution is -2.21. The first kappa shape index (κ1) is 23.8. The molecule has 0 bridgehead atoms. The Morgan fingerprint density at radius 1 is 1.21 bits per heavy atom. The molecule has 3 aromatic rings. The van der Waals surface area contributed by atoms with Gasteiger partial charge in [0.2, 0.25) is 0 Å². The van der Waals surface area contributed by atoms with Crippen LogP contribution < -0.4 is 10.6 Å². The molecule has 1 aliphatic carbocycles. The molecule has 0 spiro atoms. The van der Waals surface area contributed by atoms with E-state index < -0.39 is 0 Å². The number of carbonyl (C=O) groups excluding carboxylic acids is 1. The van der Waals surface area contributed by atoms with E-state index in [1.807, 2.05) is 6.20 Å². The number of carbonyl (C=O) groups is 1. The Balaban J connectivity index is 1.50. The fraction of sp³-hybridized carbons (Fsp3) is 0.348. The third kappa shape index (κ3) is 5.80. The van der Waals surface area contributed by atoms with Crippen molar-refractivity contribution in [3.05, 3.63) is 62.3 Å². The number of nitrogens with zero attached hydrogens (tertiary/aromatic N) is 2. The predicted octanol–water partition coefficient (Wildman–Crippen LogP) is 6.15. The zero-order valence-corrected chi connectivity index (χ0v) is 21.3. The van der Waals surface area contributed by atoms with Crippen molar-refractivity contribution in [2.75, 3.05) is 17.7 Å². The van der Waals surface area contributed by atoms with Gasteiger partial charge in [0.15, 0.2) is 10.9 Å². The molecule has 2 heterocycles. The molecule has 0 saturated heterocycles. The molecule has 0 saturated carbocycles. The van der Waals surface area contributed by atoms with E-state index in [2.05, 4.69) is 31.7 Å². The first-order valence-electron chi connectivity index (χ1n) is 10.7. The minimum atomic E-state index is -0.344. The van der Waals surface area contributed by atoms with Crippen molar-refractivity contribution in [2.45, 2.75) is 45.1 Å². The molecular formula is C23H24BrFN4O2S2. The van der Waals surface area contributed by atoms with E-state index in [1.165, 1.54) is 37.0 Å². The zero-order valence-electron chi connectivity index (χ0n) is 18.1. The highest BCUT2D eigenvalue weighted by atomic mass is 79.9. The summed E-state index contributed by atoms with van der Waals surface area (Å²) in [5.41, 5.74) is 2.60. The molecule has 0 aliphatic heterocycles. The number of thiophene rings is 1. The molecule has 0 unspecified atom stereocenters. The molecule has 2 aromatic heterocycles. The van der Waals surface area contributed by atoms with Crippen LogP contribution in [-0.4, -0.2) is 28.0 Å². The van der Waals surface area contributed by atoms with Crippen LogP contribution in [0.2, 0.25) is 0 Å². The predicted molar refractivity (Wildman–Crippen MR) is 137 cm³/mol. The SMILES string of the molecule is COC(=O)c1c(NC(=S)Nc2nn(Cc3ccc(F)cc3)cc2Br)sc2c1CCCCCC2. The van der Waals surface area contributed by atoms with E-state index in [-0.39, 0.29) is 11.8 Å². The van der Waals surface area contributed by atoms with Gasteiger partial charge in [-0.05, 0) is 77.1 Å². The standard InChI is InChI=1S/C23H24BrFN4O2S2/c1-31-22(30)19-16-6-4-2-3-5-7-18(16)33-21(19)27-23(32)26-20-17(24)13-29(28-20)12-14-8-10-15(25)11-9-14/h8-11,13H,2-7,12H2,1H3,(H2,26,27,28,32). The lowest BCUT2D eigenvalue weighted by molar-refractivity contribution is 0.0601. The van der Waals surface area contributed by atoms with Gasteiger partial charge in [0, 0.05) is 11.1 Å². The number of hydrogen-bond donors (Lipinski definition) is 2. The summed E-state index contributed by atoms with van der Waals surface area (Å²) in [6, 6.07) is 6.30. The molecule has 33 heavy (non-hydrogen) atoms. The minimum Gasteiger partial charge on any atom is -0.465 e. The van der Waals surface area contributed by atoms with Gasteiger partial charge in [0.25, 0.3) is 0 Å². The number of anilines is 2. The summed E-state index contributed by atoms with van der Waals surface area (Å²) < 4.78 is 20.7. The molecule has 2 N–H and O–H groups in total. The fourth-order valence-electron chi connectivity index (χ4n) is 3.91. The van der Waals surface area contributed by atoms with Gasteiger partial charge >= 0.3 is 5.97 Å². The smallest absolute Gasteiger partial charge is 0.341 e. The summed E-state index contributed by atoms with van der Waals surface area (Å²) in [5.74, 6) is -0.0701. The number of fused-ring (bicyclic) bond motifs is 1. The number of hydrogen-bond acceptors (Lipinski definition) is 5. The van der Waals surface area contributed by atoms with Gasteiger partial charge in [-0.1, -0.05) is 25.0 Å². The Bertz CT molecular complexity index is 1160. The van der Waals surface area contributed by atoms with Gasteiger partial charge in [-0.3, -0.25) is 4.68 Å². The van der Waals surface area contributed by atoms with Crippen molar-refractivity contribution in [1.82, 2.24) is 9.78 Å². The Morgan fingerprint density at radius 3 is 2.67 bits per heavy atom. The van der Waals surface area contributed by atoms with Crippen LogP contribution in [0.5, 0.6) is 0 Å². The summed E-state index contributed by atoms with van der Waals surface area (Å²) in [6.07, 6.45) is 8.23.